The molecule has 5 rings (SSSR count). The zero-order valence-electron chi connectivity index (χ0n) is 16.8. The molecular weight excluding hydrogens is 420 g/mol. The number of rotatable bonds is 2. The molecule has 0 unspecified atom stereocenters. The summed E-state index contributed by atoms with van der Waals surface area (Å²) in [7, 11) is 3.29. The maximum atomic E-state index is 13.3. The van der Waals surface area contributed by atoms with Crippen LogP contribution in [0.15, 0.2) is 45.3 Å². The largest absolute Gasteiger partial charge is 0.341 e. The number of aryl methyl sites for hydroxylation is 1. The van der Waals surface area contributed by atoms with Crippen molar-refractivity contribution in [2.75, 3.05) is 0 Å². The van der Waals surface area contributed by atoms with Crippen molar-refractivity contribution in [3.63, 3.8) is 0 Å². The van der Waals surface area contributed by atoms with Crippen LogP contribution in [0.3, 0.4) is 0 Å². The molecule has 1 aromatic carbocycles. The van der Waals surface area contributed by atoms with E-state index in [0.29, 0.717) is 16.1 Å². The summed E-state index contributed by atoms with van der Waals surface area (Å²) in [4.78, 5) is 30.8. The molecule has 1 aliphatic rings. The second-order valence-electron chi connectivity index (χ2n) is 7.74. The summed E-state index contributed by atoms with van der Waals surface area (Å²) in [5.74, 6) is -0.0114. The fraction of sp³-hybridized carbons (Fsp3) is 0.318. The van der Waals surface area contributed by atoms with E-state index in [0.717, 1.165) is 47.8 Å². The van der Waals surface area contributed by atoms with Gasteiger partial charge in [-0.1, -0.05) is 48.4 Å². The second-order valence-corrected chi connectivity index (χ2v) is 9.01. The molecule has 0 radical (unpaired) electrons. The summed E-state index contributed by atoms with van der Waals surface area (Å²) < 4.78 is 5.06. The third kappa shape index (κ3) is 2.80. The molecule has 4 heterocycles. The molecule has 0 bridgehead atoms. The highest BCUT2D eigenvalue weighted by Gasteiger charge is 2.32. The number of hydrogen-bond donors (Lipinski definition) is 0. The van der Waals surface area contributed by atoms with Crippen molar-refractivity contribution in [1.82, 2.24) is 18.7 Å². The lowest BCUT2D eigenvalue weighted by Gasteiger charge is -2.16. The Labute approximate surface area is 182 Å². The summed E-state index contributed by atoms with van der Waals surface area (Å²) in [6, 6.07) is 9.95. The third-order valence-corrected chi connectivity index (χ3v) is 7.28. The molecule has 30 heavy (non-hydrogen) atoms. The number of fused-ring (bicyclic) bond motifs is 3. The van der Waals surface area contributed by atoms with Gasteiger partial charge in [0, 0.05) is 26.0 Å². The van der Waals surface area contributed by atoms with E-state index in [4.69, 9.17) is 11.6 Å². The molecule has 6 nitrogen and oxygen atoms in total. The van der Waals surface area contributed by atoms with E-state index in [2.05, 4.69) is 9.55 Å². The van der Waals surface area contributed by atoms with Gasteiger partial charge in [0.2, 0.25) is 0 Å². The average molecular weight is 441 g/mol. The van der Waals surface area contributed by atoms with Gasteiger partial charge >= 0.3 is 5.69 Å². The van der Waals surface area contributed by atoms with E-state index in [-0.39, 0.29) is 17.2 Å². The van der Waals surface area contributed by atoms with Gasteiger partial charge in [-0.2, -0.15) is 0 Å². The molecule has 0 saturated carbocycles. The molecule has 1 aliphatic heterocycles. The Morgan fingerprint density at radius 3 is 2.57 bits per heavy atom. The summed E-state index contributed by atoms with van der Waals surface area (Å²) in [5.41, 5.74) is 2.97. The molecule has 0 spiro atoms. The van der Waals surface area contributed by atoms with Gasteiger partial charge in [-0.15, -0.1) is 11.3 Å². The van der Waals surface area contributed by atoms with E-state index in [1.807, 2.05) is 35.7 Å². The first-order chi connectivity index (χ1) is 14.5. The van der Waals surface area contributed by atoms with Gasteiger partial charge in [-0.25, -0.2) is 9.78 Å². The van der Waals surface area contributed by atoms with Crippen LogP contribution in [0.1, 0.15) is 35.9 Å². The number of hydrogen-bond acceptors (Lipinski definition) is 4. The lowest BCUT2D eigenvalue weighted by Crippen LogP contribution is -2.37. The van der Waals surface area contributed by atoms with Gasteiger partial charge in [0.1, 0.15) is 10.2 Å². The Bertz CT molecular complexity index is 1380. The van der Waals surface area contributed by atoms with E-state index in [1.165, 1.54) is 15.9 Å². The average Bonchev–Trinajstić information content (AvgIpc) is 3.26. The number of thiazole rings is 1. The van der Waals surface area contributed by atoms with Crippen LogP contribution < -0.4 is 11.2 Å². The predicted octanol–water partition coefficient (Wildman–Crippen LogP) is 4.13. The van der Waals surface area contributed by atoms with Crippen LogP contribution in [0.2, 0.25) is 5.15 Å². The van der Waals surface area contributed by atoms with Gasteiger partial charge in [0.25, 0.3) is 5.56 Å². The monoisotopic (exact) mass is 440 g/mol. The first kappa shape index (κ1) is 19.3. The van der Waals surface area contributed by atoms with Crippen molar-refractivity contribution in [3.8, 4) is 11.3 Å². The van der Waals surface area contributed by atoms with Crippen LogP contribution >= 0.6 is 22.9 Å². The molecule has 0 aliphatic carbocycles. The minimum absolute atomic E-state index is 0.0114. The highest BCUT2D eigenvalue weighted by Crippen LogP contribution is 2.42. The highest BCUT2D eigenvalue weighted by atomic mass is 35.5. The van der Waals surface area contributed by atoms with E-state index >= 15 is 0 Å². The Kier molecular flexibility index (Phi) is 4.67. The highest BCUT2D eigenvalue weighted by molar-refractivity contribution is 7.10. The zero-order valence-corrected chi connectivity index (χ0v) is 18.3. The Balaban J connectivity index is 1.98. The van der Waals surface area contributed by atoms with Crippen molar-refractivity contribution in [2.45, 2.75) is 31.7 Å². The first-order valence-electron chi connectivity index (χ1n) is 9.97. The molecule has 0 amide bonds. The Hall–Kier alpha value is -2.64. The van der Waals surface area contributed by atoms with Crippen LogP contribution in [0.5, 0.6) is 0 Å². The summed E-state index contributed by atoms with van der Waals surface area (Å²) in [5, 5.41) is 3.84. The third-order valence-electron chi connectivity index (χ3n) is 6.00. The standard InChI is InChI=1S/C22H21ClN4O2S/c1-25-19-16(21(28)26(2)22(25)29)17(13-8-4-3-5-9-13)27-11-7-6-10-14(18(19)27)20-24-15(23)12-30-20/h3-5,8-9,12,14H,6-7,10-11H2,1-2H3/t14-/m1/s1. The lowest BCUT2D eigenvalue weighted by molar-refractivity contribution is 0.633. The SMILES string of the molecule is Cn1c(=O)c2c(-c3ccccc3)n3c(c2n(C)c1=O)[C@H](c1nc(Cl)cs1)CCCC3. The van der Waals surface area contributed by atoms with Gasteiger partial charge in [0.05, 0.1) is 28.2 Å². The summed E-state index contributed by atoms with van der Waals surface area (Å²) >= 11 is 7.69. The van der Waals surface area contributed by atoms with E-state index in [1.54, 1.807) is 18.7 Å². The number of benzene rings is 1. The lowest BCUT2D eigenvalue weighted by atomic mass is 9.99. The van der Waals surface area contributed by atoms with Crippen molar-refractivity contribution in [3.05, 3.63) is 72.4 Å². The molecule has 0 fully saturated rings. The molecule has 4 aromatic rings. The van der Waals surface area contributed by atoms with Crippen LogP contribution in [-0.2, 0) is 20.6 Å². The molecule has 3 aromatic heterocycles. The Morgan fingerprint density at radius 1 is 1.10 bits per heavy atom. The van der Waals surface area contributed by atoms with Crippen LogP contribution in [-0.4, -0.2) is 18.7 Å². The molecule has 0 N–H and O–H groups in total. The first-order valence-corrected chi connectivity index (χ1v) is 11.2. The van der Waals surface area contributed by atoms with Gasteiger partial charge in [-0.05, 0) is 18.4 Å². The van der Waals surface area contributed by atoms with E-state index in [9.17, 15) is 9.59 Å². The number of aromatic nitrogens is 4. The summed E-state index contributed by atoms with van der Waals surface area (Å²) in [6.07, 6.45) is 2.94. The number of halogens is 1. The van der Waals surface area contributed by atoms with Crippen molar-refractivity contribution >= 4 is 33.8 Å². The fourth-order valence-electron chi connectivity index (χ4n) is 4.64. The molecule has 1 atom stereocenters. The Morgan fingerprint density at radius 2 is 1.87 bits per heavy atom. The minimum atomic E-state index is -0.319. The van der Waals surface area contributed by atoms with Crippen LogP contribution in [0, 0.1) is 0 Å². The van der Waals surface area contributed by atoms with Crippen LogP contribution in [0.25, 0.3) is 22.2 Å². The molecular formula is C22H21ClN4O2S. The van der Waals surface area contributed by atoms with E-state index < -0.39 is 0 Å². The topological polar surface area (TPSA) is 61.8 Å². The predicted molar refractivity (Wildman–Crippen MR) is 121 cm³/mol. The smallest absolute Gasteiger partial charge is 0.331 e. The minimum Gasteiger partial charge on any atom is -0.341 e. The van der Waals surface area contributed by atoms with Crippen molar-refractivity contribution < 1.29 is 0 Å². The molecule has 8 heteroatoms. The summed E-state index contributed by atoms with van der Waals surface area (Å²) in [6.45, 7) is 0.793. The van der Waals surface area contributed by atoms with Crippen molar-refractivity contribution in [1.29, 1.82) is 0 Å². The second kappa shape index (κ2) is 7.25. The maximum Gasteiger partial charge on any atom is 0.331 e. The van der Waals surface area contributed by atoms with Gasteiger partial charge in [0.15, 0.2) is 0 Å². The molecule has 154 valence electrons. The fourth-order valence-corrected chi connectivity index (χ4v) is 5.74. The van der Waals surface area contributed by atoms with Gasteiger partial charge < -0.3 is 4.57 Å². The number of nitrogens with zero attached hydrogens (tertiary/aromatic N) is 4. The van der Waals surface area contributed by atoms with Crippen molar-refractivity contribution in [2.24, 2.45) is 14.1 Å². The zero-order chi connectivity index (χ0) is 21.0. The van der Waals surface area contributed by atoms with Crippen LogP contribution in [0.4, 0.5) is 0 Å². The normalized spacial score (nSPS) is 16.6. The quantitative estimate of drug-likeness (QED) is 0.470. The maximum absolute atomic E-state index is 13.3. The molecule has 0 saturated heterocycles. The van der Waals surface area contributed by atoms with Gasteiger partial charge in [-0.3, -0.25) is 13.9 Å².